The van der Waals surface area contributed by atoms with Crippen molar-refractivity contribution < 1.29 is 13.6 Å². The van der Waals surface area contributed by atoms with Gasteiger partial charge in [-0.15, -0.1) is 0 Å². The number of halogens is 1. The lowest BCUT2D eigenvalue weighted by Gasteiger charge is -2.09. The maximum Gasteiger partial charge on any atom is 0.246 e. The molecule has 0 radical (unpaired) electrons. The average molecular weight is 303 g/mol. The number of carbonyl (C=O) groups excluding carboxylic acids is 1. The maximum atomic E-state index is 13.2. The molecular formula is C14H10FN3O2S. The first kappa shape index (κ1) is 13.4. The quantitative estimate of drug-likeness (QED) is 0.550. The summed E-state index contributed by atoms with van der Waals surface area (Å²) in [6.45, 7) is 1.38. The summed E-state index contributed by atoms with van der Waals surface area (Å²) >= 11 is 1.19. The van der Waals surface area contributed by atoms with Crippen LogP contribution in [0.5, 0.6) is 0 Å². The Kier molecular flexibility index (Phi) is 3.49. The lowest BCUT2D eigenvalue weighted by Crippen LogP contribution is -2.22. The van der Waals surface area contributed by atoms with Gasteiger partial charge in [0.1, 0.15) is 11.6 Å². The number of amides is 1. The zero-order chi connectivity index (χ0) is 14.8. The van der Waals surface area contributed by atoms with Crippen molar-refractivity contribution >= 4 is 38.8 Å². The van der Waals surface area contributed by atoms with Crippen LogP contribution in [-0.2, 0) is 4.79 Å². The highest BCUT2D eigenvalue weighted by Crippen LogP contribution is 2.29. The Hall–Kier alpha value is -2.54. The van der Waals surface area contributed by atoms with Crippen molar-refractivity contribution in [3.63, 3.8) is 0 Å². The summed E-state index contributed by atoms with van der Waals surface area (Å²) < 4.78 is 19.0. The zero-order valence-corrected chi connectivity index (χ0v) is 11.8. The van der Waals surface area contributed by atoms with Gasteiger partial charge >= 0.3 is 0 Å². The molecule has 2 aromatic heterocycles. The van der Waals surface area contributed by atoms with Gasteiger partial charge < -0.3 is 4.42 Å². The molecule has 0 aliphatic rings. The van der Waals surface area contributed by atoms with E-state index < -0.39 is 0 Å². The van der Waals surface area contributed by atoms with Gasteiger partial charge in [-0.1, -0.05) is 11.3 Å². The standard InChI is InChI=1S/C14H10FN3O2S/c1-9(19)18(16-8-11-3-2-6-20-11)14-17-12-5-4-10(15)7-13(12)21-14/h2-8H,1H3. The summed E-state index contributed by atoms with van der Waals surface area (Å²) in [6, 6.07) is 7.72. The van der Waals surface area contributed by atoms with E-state index >= 15 is 0 Å². The molecule has 2 heterocycles. The summed E-state index contributed by atoms with van der Waals surface area (Å²) in [5.74, 6) is -0.114. The molecule has 106 valence electrons. The summed E-state index contributed by atoms with van der Waals surface area (Å²) in [6.07, 6.45) is 2.94. The Balaban J connectivity index is 1.97. The van der Waals surface area contributed by atoms with Gasteiger partial charge in [0.25, 0.3) is 0 Å². The fourth-order valence-electron chi connectivity index (χ4n) is 1.72. The minimum atomic E-state index is -0.342. The van der Waals surface area contributed by atoms with Crippen molar-refractivity contribution in [1.29, 1.82) is 0 Å². The van der Waals surface area contributed by atoms with Crippen LogP contribution in [0.4, 0.5) is 9.52 Å². The molecule has 0 atom stereocenters. The van der Waals surface area contributed by atoms with Gasteiger partial charge in [0.15, 0.2) is 0 Å². The molecule has 21 heavy (non-hydrogen) atoms. The van der Waals surface area contributed by atoms with E-state index in [-0.39, 0.29) is 11.7 Å². The number of furan rings is 1. The molecule has 0 spiro atoms. The molecule has 1 aromatic carbocycles. The normalized spacial score (nSPS) is 11.3. The van der Waals surface area contributed by atoms with Crippen LogP contribution in [0.1, 0.15) is 12.7 Å². The molecule has 1 amide bonds. The van der Waals surface area contributed by atoms with Crippen molar-refractivity contribution in [3.05, 3.63) is 48.2 Å². The number of hydrogen-bond donors (Lipinski definition) is 0. The number of benzene rings is 1. The number of hydrazone groups is 1. The first-order valence-electron chi connectivity index (χ1n) is 6.08. The summed E-state index contributed by atoms with van der Waals surface area (Å²) in [7, 11) is 0. The van der Waals surface area contributed by atoms with Crippen LogP contribution in [0, 0.1) is 5.82 Å². The number of nitrogens with zero attached hydrogens (tertiary/aromatic N) is 3. The molecule has 0 unspecified atom stereocenters. The molecule has 0 saturated carbocycles. The van der Waals surface area contributed by atoms with E-state index in [0.717, 1.165) is 5.01 Å². The lowest BCUT2D eigenvalue weighted by molar-refractivity contribution is -0.116. The summed E-state index contributed by atoms with van der Waals surface area (Å²) in [5.41, 5.74) is 0.621. The Morgan fingerprint density at radius 2 is 2.33 bits per heavy atom. The van der Waals surface area contributed by atoms with Crippen LogP contribution in [0.3, 0.4) is 0 Å². The van der Waals surface area contributed by atoms with Gasteiger partial charge in [0.2, 0.25) is 11.0 Å². The predicted octanol–water partition coefficient (Wildman–Crippen LogP) is 3.42. The number of anilines is 1. The molecule has 0 aliphatic heterocycles. The molecule has 3 aromatic rings. The molecule has 0 bridgehead atoms. The topological polar surface area (TPSA) is 58.7 Å². The molecule has 7 heteroatoms. The van der Waals surface area contributed by atoms with Gasteiger partial charge in [-0.3, -0.25) is 4.79 Å². The minimum Gasteiger partial charge on any atom is -0.463 e. The van der Waals surface area contributed by atoms with Gasteiger partial charge in [-0.25, -0.2) is 9.37 Å². The third-order valence-corrected chi connectivity index (χ3v) is 3.66. The van der Waals surface area contributed by atoms with Crippen molar-refractivity contribution in [2.75, 3.05) is 5.01 Å². The summed E-state index contributed by atoms with van der Waals surface area (Å²) in [5, 5.41) is 5.61. The van der Waals surface area contributed by atoms with Crippen LogP contribution >= 0.6 is 11.3 Å². The van der Waals surface area contributed by atoms with Crippen molar-refractivity contribution in [2.45, 2.75) is 6.92 Å². The van der Waals surface area contributed by atoms with Crippen molar-refractivity contribution in [1.82, 2.24) is 4.98 Å². The fraction of sp³-hybridized carbons (Fsp3) is 0.0714. The SMILES string of the molecule is CC(=O)N(N=Cc1ccco1)c1nc2ccc(F)cc2s1. The molecule has 3 rings (SSSR count). The number of aromatic nitrogens is 1. The first-order chi connectivity index (χ1) is 10.1. The molecule has 0 aliphatic carbocycles. The second kappa shape index (κ2) is 5.45. The molecule has 5 nitrogen and oxygen atoms in total. The third kappa shape index (κ3) is 2.82. The number of hydrogen-bond acceptors (Lipinski definition) is 5. The number of fused-ring (bicyclic) bond motifs is 1. The third-order valence-electron chi connectivity index (χ3n) is 2.66. The van der Waals surface area contributed by atoms with Crippen LogP contribution < -0.4 is 5.01 Å². The zero-order valence-electron chi connectivity index (χ0n) is 11.0. The van der Waals surface area contributed by atoms with E-state index in [4.69, 9.17) is 4.42 Å². The number of thiazole rings is 1. The molecule has 0 fully saturated rings. The Morgan fingerprint density at radius 3 is 3.05 bits per heavy atom. The molecule has 0 saturated heterocycles. The van der Waals surface area contributed by atoms with Gasteiger partial charge in [0, 0.05) is 6.92 Å². The first-order valence-corrected chi connectivity index (χ1v) is 6.89. The Morgan fingerprint density at radius 1 is 1.48 bits per heavy atom. The lowest BCUT2D eigenvalue weighted by atomic mass is 10.3. The average Bonchev–Trinajstić information content (AvgIpc) is 3.07. The van der Waals surface area contributed by atoms with E-state index in [1.54, 1.807) is 18.2 Å². The molecule has 0 N–H and O–H groups in total. The highest BCUT2D eigenvalue weighted by molar-refractivity contribution is 7.22. The van der Waals surface area contributed by atoms with Gasteiger partial charge in [0.05, 0.1) is 22.7 Å². The largest absolute Gasteiger partial charge is 0.463 e. The molecular weight excluding hydrogens is 293 g/mol. The highest BCUT2D eigenvalue weighted by Gasteiger charge is 2.15. The van der Waals surface area contributed by atoms with Crippen LogP contribution in [0.2, 0.25) is 0 Å². The van der Waals surface area contributed by atoms with Gasteiger partial charge in [-0.05, 0) is 30.3 Å². The van der Waals surface area contributed by atoms with Crippen LogP contribution in [0.15, 0.2) is 46.1 Å². The van der Waals surface area contributed by atoms with E-state index in [9.17, 15) is 9.18 Å². The van der Waals surface area contributed by atoms with Crippen LogP contribution in [-0.4, -0.2) is 17.1 Å². The second-order valence-electron chi connectivity index (χ2n) is 4.20. The highest BCUT2D eigenvalue weighted by atomic mass is 32.1. The van der Waals surface area contributed by atoms with Crippen molar-refractivity contribution in [2.24, 2.45) is 5.10 Å². The van der Waals surface area contributed by atoms with Crippen molar-refractivity contribution in [3.8, 4) is 0 Å². The fourth-order valence-corrected chi connectivity index (χ4v) is 2.71. The number of carbonyl (C=O) groups is 1. The van der Waals surface area contributed by atoms with E-state index in [1.807, 2.05) is 0 Å². The Bertz CT molecular complexity index is 811. The van der Waals surface area contributed by atoms with Gasteiger partial charge in [-0.2, -0.15) is 10.1 Å². The Labute approximate surface area is 123 Å². The van der Waals surface area contributed by atoms with E-state index in [2.05, 4.69) is 10.1 Å². The smallest absolute Gasteiger partial charge is 0.246 e. The predicted molar refractivity (Wildman–Crippen MR) is 79.0 cm³/mol. The summed E-state index contributed by atoms with van der Waals surface area (Å²) in [4.78, 5) is 16.0. The van der Waals surface area contributed by atoms with E-state index in [0.29, 0.717) is 21.1 Å². The van der Waals surface area contributed by atoms with Crippen LogP contribution in [0.25, 0.3) is 10.2 Å². The number of rotatable bonds is 3. The minimum absolute atomic E-state index is 0.294. The maximum absolute atomic E-state index is 13.2. The monoisotopic (exact) mass is 303 g/mol. The van der Waals surface area contributed by atoms with E-state index in [1.165, 1.54) is 42.9 Å². The second-order valence-corrected chi connectivity index (χ2v) is 5.21.